The van der Waals surface area contributed by atoms with Gasteiger partial charge in [-0.3, -0.25) is 9.59 Å². The molecule has 240 valence electrons. The van der Waals surface area contributed by atoms with E-state index in [-0.39, 0.29) is 62.1 Å². The average molecular weight is 609 g/mol. The lowest BCUT2D eigenvalue weighted by atomic mass is 10.0. The Hall–Kier alpha value is -1.53. The molecule has 1 aliphatic rings. The number of carbonyl (C=O) groups excluding carboxylic acids is 3. The van der Waals surface area contributed by atoms with E-state index in [9.17, 15) is 24.4 Å². The minimum Gasteiger partial charge on any atom is -0.444 e. The van der Waals surface area contributed by atoms with Gasteiger partial charge in [-0.05, 0) is 46.3 Å². The zero-order valence-corrected chi connectivity index (χ0v) is 26.4. The summed E-state index contributed by atoms with van der Waals surface area (Å²) < 4.78 is 28.4. The molecule has 1 fully saturated rings. The van der Waals surface area contributed by atoms with Crippen LogP contribution in [0, 0.1) is 5.92 Å². The number of aliphatic hydroxyl groups is 1. The van der Waals surface area contributed by atoms with Crippen LogP contribution < -0.4 is 10.6 Å². The Morgan fingerprint density at radius 1 is 1.12 bits per heavy atom. The third-order valence-electron chi connectivity index (χ3n) is 6.62. The lowest BCUT2D eigenvalue weighted by Crippen LogP contribution is -2.37. The van der Waals surface area contributed by atoms with Crippen molar-refractivity contribution in [2.75, 3.05) is 32.9 Å². The minimum atomic E-state index is -3.39. The SMILES string of the molecule is C=P(O)(OCC(CO)CCCCNC(=O)OC(CCC(=O)CC)CNC(=O)CC)OC1CC(C)OC1COC(C)C. The summed E-state index contributed by atoms with van der Waals surface area (Å²) in [5.41, 5.74) is 0. The van der Waals surface area contributed by atoms with Gasteiger partial charge in [-0.1, -0.05) is 20.3 Å². The molecule has 13 heteroatoms. The Morgan fingerprint density at radius 3 is 2.49 bits per heavy atom. The first-order valence-corrected chi connectivity index (χ1v) is 16.5. The fourth-order valence-electron chi connectivity index (χ4n) is 4.15. The number of rotatable bonds is 22. The maximum Gasteiger partial charge on any atom is 0.407 e. The molecule has 4 N–H and O–H groups in total. The molecule has 0 aromatic carbocycles. The molecule has 2 amide bonds. The van der Waals surface area contributed by atoms with Gasteiger partial charge in [0.05, 0.1) is 38.1 Å². The molecule has 0 aliphatic carbocycles. The maximum atomic E-state index is 12.3. The van der Waals surface area contributed by atoms with Crippen LogP contribution in [-0.2, 0) is 32.8 Å². The molecule has 1 saturated heterocycles. The normalized spacial score (nSPS) is 21.7. The minimum absolute atomic E-state index is 0.0325. The lowest BCUT2D eigenvalue weighted by molar-refractivity contribution is -0.121. The van der Waals surface area contributed by atoms with Gasteiger partial charge in [0.15, 0.2) is 0 Å². The number of carbonyl (C=O) groups is 3. The zero-order chi connectivity index (χ0) is 30.8. The van der Waals surface area contributed by atoms with E-state index < -0.39 is 25.9 Å². The first-order chi connectivity index (χ1) is 19.4. The average Bonchev–Trinajstić information content (AvgIpc) is 3.27. The molecule has 41 heavy (non-hydrogen) atoms. The predicted octanol–water partition coefficient (Wildman–Crippen LogP) is 3.34. The molecule has 0 bridgehead atoms. The number of aliphatic hydroxyl groups excluding tert-OH is 1. The summed E-state index contributed by atoms with van der Waals surface area (Å²) in [4.78, 5) is 46.2. The topological polar surface area (TPSA) is 162 Å². The van der Waals surface area contributed by atoms with Crippen molar-refractivity contribution in [3.05, 3.63) is 0 Å². The third-order valence-corrected chi connectivity index (χ3v) is 7.77. The standard InChI is InChI=1S/C28H53N2O10P/c1-7-23(32)12-13-24(16-30-27(33)8-2)39-28(34)29-14-10-9-11-22(17-31)18-37-41(6,35)40-25-15-21(5)38-26(25)19-36-20(3)4/h20-22,24-26,31,35H,6-19H2,1-5H3,(H,29,34)(H,30,33). The van der Waals surface area contributed by atoms with Gasteiger partial charge in [-0.15, -0.1) is 0 Å². The van der Waals surface area contributed by atoms with Crippen LogP contribution in [0.2, 0.25) is 0 Å². The van der Waals surface area contributed by atoms with E-state index >= 15 is 0 Å². The van der Waals surface area contributed by atoms with Crippen molar-refractivity contribution in [2.24, 2.45) is 5.92 Å². The molecule has 0 aromatic rings. The van der Waals surface area contributed by atoms with Gasteiger partial charge < -0.3 is 43.9 Å². The van der Waals surface area contributed by atoms with Crippen LogP contribution in [0.3, 0.4) is 0 Å². The van der Waals surface area contributed by atoms with Gasteiger partial charge in [0.25, 0.3) is 0 Å². The zero-order valence-electron chi connectivity index (χ0n) is 25.5. The predicted molar refractivity (Wildman–Crippen MR) is 158 cm³/mol. The summed E-state index contributed by atoms with van der Waals surface area (Å²) in [6.45, 7) is 10.1. The van der Waals surface area contributed by atoms with Crippen LogP contribution in [0.5, 0.6) is 0 Å². The lowest BCUT2D eigenvalue weighted by Gasteiger charge is -2.27. The molecule has 0 radical (unpaired) electrons. The van der Waals surface area contributed by atoms with Crippen LogP contribution in [0.15, 0.2) is 0 Å². The first kappa shape index (κ1) is 37.5. The number of nitrogens with one attached hydrogen (secondary N) is 2. The monoisotopic (exact) mass is 608 g/mol. The van der Waals surface area contributed by atoms with E-state index in [1.54, 1.807) is 13.8 Å². The van der Waals surface area contributed by atoms with Crippen LogP contribution >= 0.6 is 7.57 Å². The second-order valence-corrected chi connectivity index (χ2v) is 12.5. The highest BCUT2D eigenvalue weighted by Gasteiger charge is 2.37. The summed E-state index contributed by atoms with van der Waals surface area (Å²) in [7, 11) is -3.39. The molecule has 6 unspecified atom stereocenters. The fourth-order valence-corrected chi connectivity index (χ4v) is 5.30. The quantitative estimate of drug-likeness (QED) is 0.106. The van der Waals surface area contributed by atoms with Gasteiger partial charge >= 0.3 is 6.09 Å². The van der Waals surface area contributed by atoms with E-state index in [1.807, 2.05) is 20.8 Å². The van der Waals surface area contributed by atoms with Crippen molar-refractivity contribution in [3.63, 3.8) is 0 Å². The van der Waals surface area contributed by atoms with Gasteiger partial charge in [-0.25, -0.2) is 4.79 Å². The van der Waals surface area contributed by atoms with E-state index in [0.717, 1.165) is 0 Å². The van der Waals surface area contributed by atoms with E-state index in [1.165, 1.54) is 0 Å². The van der Waals surface area contributed by atoms with Crippen LogP contribution in [0.25, 0.3) is 0 Å². The Balaban J connectivity index is 2.38. The molecule has 1 aliphatic heterocycles. The highest BCUT2D eigenvalue weighted by Crippen LogP contribution is 2.47. The molecular formula is C28H53N2O10P. The van der Waals surface area contributed by atoms with E-state index in [4.69, 9.17) is 23.3 Å². The Bertz CT molecular complexity index is 808. The van der Waals surface area contributed by atoms with Crippen molar-refractivity contribution in [1.82, 2.24) is 10.6 Å². The number of alkyl carbamates (subject to hydrolysis) is 1. The summed E-state index contributed by atoms with van der Waals surface area (Å²) in [5.74, 6) is -0.325. The number of hydrogen-bond donors (Lipinski definition) is 4. The Morgan fingerprint density at radius 2 is 1.85 bits per heavy atom. The maximum absolute atomic E-state index is 12.3. The van der Waals surface area contributed by atoms with E-state index in [2.05, 4.69) is 16.9 Å². The molecule has 12 nitrogen and oxygen atoms in total. The van der Waals surface area contributed by atoms with Crippen molar-refractivity contribution in [3.8, 4) is 0 Å². The summed E-state index contributed by atoms with van der Waals surface area (Å²) >= 11 is 0. The van der Waals surface area contributed by atoms with Crippen LogP contribution in [0.4, 0.5) is 4.79 Å². The van der Waals surface area contributed by atoms with Gasteiger partial charge in [0, 0.05) is 44.8 Å². The van der Waals surface area contributed by atoms with Crippen molar-refractivity contribution in [2.45, 2.75) is 117 Å². The second-order valence-electron chi connectivity index (χ2n) is 10.8. The van der Waals surface area contributed by atoms with Crippen molar-refractivity contribution >= 4 is 31.6 Å². The highest BCUT2D eigenvalue weighted by molar-refractivity contribution is 7.58. The Kier molecular flexibility index (Phi) is 18.6. The largest absolute Gasteiger partial charge is 0.444 e. The second kappa shape index (κ2) is 20.4. The van der Waals surface area contributed by atoms with Crippen molar-refractivity contribution < 1.29 is 47.6 Å². The van der Waals surface area contributed by atoms with Gasteiger partial charge in [0.2, 0.25) is 13.5 Å². The summed E-state index contributed by atoms with van der Waals surface area (Å²) in [5, 5.41) is 15.2. The Labute approximate surface area is 245 Å². The fraction of sp³-hybridized carbons (Fsp3) is 0.857. The molecule has 1 heterocycles. The third kappa shape index (κ3) is 17.2. The van der Waals surface area contributed by atoms with Crippen LogP contribution in [-0.4, -0.2) is 97.5 Å². The number of hydrogen-bond acceptors (Lipinski definition) is 10. The molecule has 1 rings (SSSR count). The molecular weight excluding hydrogens is 555 g/mol. The highest BCUT2D eigenvalue weighted by atomic mass is 31.2. The number of Topliss-reactive ketones (excluding diaryl/α,β-unsaturated/α-hetero) is 1. The molecule has 0 aromatic heterocycles. The summed E-state index contributed by atoms with van der Waals surface area (Å²) in [6, 6.07) is 0. The van der Waals surface area contributed by atoms with Crippen molar-refractivity contribution in [1.29, 1.82) is 0 Å². The molecule has 0 spiro atoms. The van der Waals surface area contributed by atoms with E-state index in [0.29, 0.717) is 58.1 Å². The number of ether oxygens (including phenoxy) is 3. The smallest absolute Gasteiger partial charge is 0.407 e. The first-order valence-electron chi connectivity index (χ1n) is 14.8. The van der Waals surface area contributed by atoms with Gasteiger partial charge in [0.1, 0.15) is 18.0 Å². The van der Waals surface area contributed by atoms with Gasteiger partial charge in [-0.2, -0.15) is 0 Å². The molecule has 0 saturated carbocycles. The number of unbranched alkanes of at least 4 members (excludes halogenated alkanes) is 1. The number of amides is 2. The van der Waals surface area contributed by atoms with Crippen LogP contribution in [0.1, 0.15) is 86.0 Å². The molecule has 6 atom stereocenters. The summed E-state index contributed by atoms with van der Waals surface area (Å²) in [6.07, 6.45) is 5.69. The number of ketones is 1.